The molecule has 0 aliphatic heterocycles. The summed E-state index contributed by atoms with van der Waals surface area (Å²) in [5.41, 5.74) is 3.28. The first-order valence-corrected chi connectivity index (χ1v) is 9.98. The Bertz CT molecular complexity index is 1190. The van der Waals surface area contributed by atoms with Gasteiger partial charge in [-0.25, -0.2) is 0 Å². The number of benzene rings is 3. The van der Waals surface area contributed by atoms with Crippen LogP contribution in [0.1, 0.15) is 29.9 Å². The normalized spacial score (nSPS) is 12.0. The van der Waals surface area contributed by atoms with E-state index in [2.05, 4.69) is 10.6 Å². The van der Waals surface area contributed by atoms with Crippen LogP contribution in [0, 0.1) is 0 Å². The van der Waals surface area contributed by atoms with Crippen molar-refractivity contribution >= 4 is 34.5 Å². The number of para-hydroxylation sites is 1. The van der Waals surface area contributed by atoms with Gasteiger partial charge < -0.3 is 15.1 Å². The molecule has 3 aromatic carbocycles. The van der Waals surface area contributed by atoms with E-state index in [0.717, 1.165) is 22.1 Å². The largest absolute Gasteiger partial charge is 0.459 e. The summed E-state index contributed by atoms with van der Waals surface area (Å²) in [4.78, 5) is 23.8. The maximum Gasteiger partial charge on any atom is 0.244 e. The number of rotatable bonds is 6. The van der Waals surface area contributed by atoms with Crippen molar-refractivity contribution in [3.05, 3.63) is 108 Å². The molecule has 154 valence electrons. The fourth-order valence-corrected chi connectivity index (χ4v) is 3.35. The second kappa shape index (κ2) is 9.13. The lowest BCUT2D eigenvalue weighted by atomic mass is 10.0. The highest BCUT2D eigenvalue weighted by Gasteiger charge is 2.20. The second-order valence-corrected chi connectivity index (χ2v) is 7.18. The monoisotopic (exact) mass is 410 g/mol. The van der Waals surface area contributed by atoms with E-state index in [0.29, 0.717) is 11.4 Å². The highest BCUT2D eigenvalue weighted by Crippen LogP contribution is 2.28. The number of anilines is 1. The van der Waals surface area contributed by atoms with Gasteiger partial charge in [0.05, 0.1) is 0 Å². The van der Waals surface area contributed by atoms with E-state index < -0.39 is 6.04 Å². The van der Waals surface area contributed by atoms with Crippen molar-refractivity contribution in [3.63, 3.8) is 0 Å². The van der Waals surface area contributed by atoms with Gasteiger partial charge in [0.2, 0.25) is 11.8 Å². The van der Waals surface area contributed by atoms with Gasteiger partial charge in [-0.3, -0.25) is 9.59 Å². The third-order valence-corrected chi connectivity index (χ3v) is 4.81. The Morgan fingerprint density at radius 3 is 2.32 bits per heavy atom. The maximum absolute atomic E-state index is 12.7. The molecule has 5 nitrogen and oxygen atoms in total. The first kappa shape index (κ1) is 20.2. The molecule has 0 saturated heterocycles. The molecule has 2 amide bonds. The number of nitrogens with one attached hydrogen (secondary N) is 2. The molecule has 0 radical (unpaired) electrons. The van der Waals surface area contributed by atoms with E-state index in [-0.39, 0.29) is 11.8 Å². The fraction of sp³-hybridized carbons (Fsp3) is 0.0769. The quantitative estimate of drug-likeness (QED) is 0.423. The summed E-state index contributed by atoms with van der Waals surface area (Å²) in [5, 5.41) is 6.75. The molecule has 0 saturated carbocycles. The lowest BCUT2D eigenvalue weighted by Gasteiger charge is -2.16. The van der Waals surface area contributed by atoms with E-state index in [1.807, 2.05) is 72.8 Å². The van der Waals surface area contributed by atoms with Crippen molar-refractivity contribution < 1.29 is 14.0 Å². The van der Waals surface area contributed by atoms with Crippen LogP contribution < -0.4 is 10.6 Å². The number of amides is 2. The molecular formula is C26H22N2O3. The Morgan fingerprint density at radius 1 is 0.903 bits per heavy atom. The molecule has 2 N–H and O–H groups in total. The Morgan fingerprint density at radius 2 is 1.61 bits per heavy atom. The maximum atomic E-state index is 12.7. The highest BCUT2D eigenvalue weighted by atomic mass is 16.3. The van der Waals surface area contributed by atoms with Gasteiger partial charge in [-0.2, -0.15) is 0 Å². The molecule has 4 rings (SSSR count). The van der Waals surface area contributed by atoms with Crippen LogP contribution in [0.25, 0.3) is 17.0 Å². The molecule has 0 fully saturated rings. The molecule has 4 aromatic rings. The molecular weight excluding hydrogens is 388 g/mol. The zero-order valence-electron chi connectivity index (χ0n) is 17.0. The van der Waals surface area contributed by atoms with Crippen molar-refractivity contribution in [1.82, 2.24) is 5.32 Å². The third kappa shape index (κ3) is 5.08. The number of carbonyl (C=O) groups excluding carboxylic acids is 2. The van der Waals surface area contributed by atoms with Gasteiger partial charge in [-0.1, -0.05) is 60.7 Å². The molecule has 1 aromatic heterocycles. The van der Waals surface area contributed by atoms with E-state index in [4.69, 9.17) is 4.42 Å². The lowest BCUT2D eigenvalue weighted by molar-refractivity contribution is -0.117. The van der Waals surface area contributed by atoms with E-state index in [9.17, 15) is 9.59 Å². The first-order chi connectivity index (χ1) is 15.1. The molecule has 31 heavy (non-hydrogen) atoms. The molecule has 0 bridgehead atoms. The number of furan rings is 1. The fourth-order valence-electron chi connectivity index (χ4n) is 3.35. The van der Waals surface area contributed by atoms with Crippen LogP contribution in [-0.2, 0) is 9.59 Å². The summed E-state index contributed by atoms with van der Waals surface area (Å²) in [5.74, 6) is 0.314. The predicted molar refractivity (Wildman–Crippen MR) is 122 cm³/mol. The van der Waals surface area contributed by atoms with Crippen LogP contribution in [0.4, 0.5) is 5.69 Å². The minimum absolute atomic E-state index is 0.125. The topological polar surface area (TPSA) is 71.3 Å². The van der Waals surface area contributed by atoms with Gasteiger partial charge in [0.15, 0.2) is 0 Å². The molecule has 1 atom stereocenters. The van der Waals surface area contributed by atoms with Gasteiger partial charge in [-0.15, -0.1) is 0 Å². The van der Waals surface area contributed by atoms with Gasteiger partial charge in [0, 0.05) is 24.1 Å². The highest BCUT2D eigenvalue weighted by molar-refractivity contribution is 5.92. The second-order valence-electron chi connectivity index (χ2n) is 7.18. The van der Waals surface area contributed by atoms with Crippen LogP contribution in [-0.4, -0.2) is 11.8 Å². The van der Waals surface area contributed by atoms with Crippen molar-refractivity contribution in [2.45, 2.75) is 13.0 Å². The average Bonchev–Trinajstić information content (AvgIpc) is 3.21. The van der Waals surface area contributed by atoms with Gasteiger partial charge in [-0.05, 0) is 41.5 Å². The number of hydrogen-bond donors (Lipinski definition) is 2. The number of hydrogen-bond acceptors (Lipinski definition) is 3. The third-order valence-electron chi connectivity index (χ3n) is 4.81. The molecule has 0 spiro atoms. The standard InChI is InChI=1S/C26H22N2O3/c1-18(29)27-22-14-11-19(12-15-22)13-16-25(30)28-26(20-7-3-2-4-8-20)24-17-21-9-5-6-10-23(21)31-24/h2-17,26H,1H3,(H,27,29)(H,28,30)/b16-13+. The van der Waals surface area contributed by atoms with Crippen molar-refractivity contribution in [1.29, 1.82) is 0 Å². The molecule has 0 aliphatic carbocycles. The van der Waals surface area contributed by atoms with Gasteiger partial charge in [0.1, 0.15) is 17.4 Å². The smallest absolute Gasteiger partial charge is 0.244 e. The summed E-state index contributed by atoms with van der Waals surface area (Å²) < 4.78 is 6.02. The van der Waals surface area contributed by atoms with Crippen LogP contribution in [0.3, 0.4) is 0 Å². The van der Waals surface area contributed by atoms with Crippen molar-refractivity contribution in [2.75, 3.05) is 5.32 Å². The summed E-state index contributed by atoms with van der Waals surface area (Å²) >= 11 is 0. The Kier molecular flexibility index (Phi) is 5.94. The number of fused-ring (bicyclic) bond motifs is 1. The summed E-state index contributed by atoms with van der Waals surface area (Å²) in [6.07, 6.45) is 3.22. The molecule has 0 aliphatic rings. The minimum Gasteiger partial charge on any atom is -0.459 e. The zero-order valence-corrected chi connectivity index (χ0v) is 17.0. The van der Waals surface area contributed by atoms with E-state index in [1.54, 1.807) is 18.2 Å². The van der Waals surface area contributed by atoms with Gasteiger partial charge >= 0.3 is 0 Å². The van der Waals surface area contributed by atoms with Crippen molar-refractivity contribution in [2.24, 2.45) is 0 Å². The Balaban J connectivity index is 1.53. The molecule has 1 heterocycles. The Hall–Kier alpha value is -4.12. The Labute approximate surface area is 180 Å². The van der Waals surface area contributed by atoms with Crippen LogP contribution in [0.5, 0.6) is 0 Å². The summed E-state index contributed by atoms with van der Waals surface area (Å²) in [6.45, 7) is 1.46. The van der Waals surface area contributed by atoms with E-state index >= 15 is 0 Å². The lowest BCUT2D eigenvalue weighted by Crippen LogP contribution is -2.27. The molecule has 1 unspecified atom stereocenters. The molecule has 5 heteroatoms. The van der Waals surface area contributed by atoms with E-state index in [1.165, 1.54) is 13.0 Å². The SMILES string of the molecule is CC(=O)Nc1ccc(/C=C/C(=O)NC(c2ccccc2)c2cc3ccccc3o2)cc1. The van der Waals surface area contributed by atoms with Crippen LogP contribution in [0.15, 0.2) is 95.4 Å². The van der Waals surface area contributed by atoms with Crippen LogP contribution in [0.2, 0.25) is 0 Å². The van der Waals surface area contributed by atoms with Gasteiger partial charge in [0.25, 0.3) is 0 Å². The average molecular weight is 410 g/mol. The number of carbonyl (C=O) groups is 2. The zero-order chi connectivity index (χ0) is 21.6. The van der Waals surface area contributed by atoms with Crippen molar-refractivity contribution in [3.8, 4) is 0 Å². The summed E-state index contributed by atoms with van der Waals surface area (Å²) in [7, 11) is 0. The van der Waals surface area contributed by atoms with Crippen LogP contribution >= 0.6 is 0 Å². The predicted octanol–water partition coefficient (Wildman–Crippen LogP) is 5.31. The first-order valence-electron chi connectivity index (χ1n) is 9.98. The minimum atomic E-state index is -0.409. The summed E-state index contributed by atoms with van der Waals surface area (Å²) in [6, 6.07) is 26.3.